The van der Waals surface area contributed by atoms with E-state index in [9.17, 15) is 19.7 Å². The number of ether oxygens (including phenoxy) is 1. The van der Waals surface area contributed by atoms with Crippen LogP contribution in [0.4, 0.5) is 5.69 Å². The lowest BCUT2D eigenvalue weighted by Gasteiger charge is -2.22. The molecular weight excluding hydrogens is 240 g/mol. The lowest BCUT2D eigenvalue weighted by atomic mass is 9.95. The van der Waals surface area contributed by atoms with Gasteiger partial charge in [-0.2, -0.15) is 0 Å². The fourth-order valence-corrected chi connectivity index (χ4v) is 2.01. The number of benzene rings is 1. The van der Waals surface area contributed by atoms with Gasteiger partial charge in [-0.25, -0.2) is 0 Å². The maximum atomic E-state index is 11.9. The second-order valence-corrected chi connectivity index (χ2v) is 3.91. The molecule has 0 radical (unpaired) electrons. The van der Waals surface area contributed by atoms with Crippen molar-refractivity contribution in [1.82, 2.24) is 0 Å². The van der Waals surface area contributed by atoms with E-state index in [1.54, 1.807) is 18.2 Å². The summed E-state index contributed by atoms with van der Waals surface area (Å²) in [7, 11) is 0. The Morgan fingerprint density at radius 1 is 1.50 bits per heavy atom. The van der Waals surface area contributed by atoms with E-state index >= 15 is 0 Å². The average Bonchev–Trinajstić information content (AvgIpc) is 2.51. The lowest BCUT2D eigenvalue weighted by molar-refractivity contribution is -0.497. The number of rotatable bonds is 3. The molecule has 0 saturated heterocycles. The Balaban J connectivity index is 2.55. The first kappa shape index (κ1) is 12.0. The van der Waals surface area contributed by atoms with Gasteiger partial charge in [0.25, 0.3) is 18.1 Å². The van der Waals surface area contributed by atoms with Gasteiger partial charge in [-0.3, -0.25) is 19.7 Å². The van der Waals surface area contributed by atoms with Gasteiger partial charge < -0.3 is 10.1 Å². The van der Waals surface area contributed by atoms with Gasteiger partial charge in [0, 0.05) is 23.1 Å². The number of amides is 1. The zero-order valence-corrected chi connectivity index (χ0v) is 9.50. The van der Waals surface area contributed by atoms with Crippen LogP contribution in [0.2, 0.25) is 0 Å². The number of hydrogen-bond donors (Lipinski definition) is 1. The van der Waals surface area contributed by atoms with E-state index in [1.807, 2.05) is 0 Å². The Hall–Kier alpha value is -2.44. The van der Waals surface area contributed by atoms with Crippen molar-refractivity contribution >= 4 is 17.6 Å². The molecule has 1 aliphatic heterocycles. The van der Waals surface area contributed by atoms with Crippen LogP contribution in [0.1, 0.15) is 12.5 Å². The van der Waals surface area contributed by atoms with Crippen LogP contribution < -0.4 is 5.32 Å². The Labute approximate surface area is 102 Å². The highest BCUT2D eigenvalue weighted by atomic mass is 16.6. The molecule has 0 aliphatic carbocycles. The predicted octanol–water partition coefficient (Wildman–Crippen LogP) is 0.674. The first-order valence-electron chi connectivity index (χ1n) is 5.18. The van der Waals surface area contributed by atoms with E-state index in [4.69, 9.17) is 4.74 Å². The highest BCUT2D eigenvalue weighted by Gasteiger charge is 2.54. The molecule has 7 nitrogen and oxygen atoms in total. The Morgan fingerprint density at radius 2 is 2.17 bits per heavy atom. The largest absolute Gasteiger partial charge is 0.437 e. The number of para-hydroxylation sites is 1. The number of esters is 1. The second-order valence-electron chi connectivity index (χ2n) is 3.91. The van der Waals surface area contributed by atoms with Gasteiger partial charge in [0.15, 0.2) is 0 Å². The maximum absolute atomic E-state index is 11.9. The molecule has 0 aromatic heterocycles. The van der Waals surface area contributed by atoms with E-state index in [2.05, 4.69) is 5.32 Å². The van der Waals surface area contributed by atoms with Crippen molar-refractivity contribution in [3.8, 4) is 0 Å². The number of anilines is 1. The molecule has 0 saturated carbocycles. The minimum absolute atomic E-state index is 0.307. The molecule has 2 rings (SSSR count). The van der Waals surface area contributed by atoms with Crippen molar-refractivity contribution in [2.45, 2.75) is 12.5 Å². The third-order valence-electron chi connectivity index (χ3n) is 2.65. The zero-order chi connectivity index (χ0) is 13.3. The molecule has 1 aromatic carbocycles. The molecule has 18 heavy (non-hydrogen) atoms. The average molecular weight is 250 g/mol. The summed E-state index contributed by atoms with van der Waals surface area (Å²) in [5.74, 6) is -1.45. The third kappa shape index (κ3) is 1.79. The van der Waals surface area contributed by atoms with E-state index in [0.717, 1.165) is 6.92 Å². The highest BCUT2D eigenvalue weighted by Crippen LogP contribution is 2.38. The summed E-state index contributed by atoms with van der Waals surface area (Å²) in [6.45, 7) is 0.311. The normalized spacial score (nSPS) is 21.1. The van der Waals surface area contributed by atoms with Crippen molar-refractivity contribution in [2.24, 2.45) is 0 Å². The van der Waals surface area contributed by atoms with Gasteiger partial charge in [-0.15, -0.1) is 0 Å². The number of fused-ring (bicyclic) bond motifs is 1. The molecule has 1 heterocycles. The summed E-state index contributed by atoms with van der Waals surface area (Å²) in [6, 6.07) is 6.42. The van der Waals surface area contributed by atoms with Crippen LogP contribution in [0.15, 0.2) is 24.3 Å². The van der Waals surface area contributed by atoms with Crippen LogP contribution in [-0.2, 0) is 19.9 Å². The SMILES string of the molecule is CC(=O)OC1(C[N+](=O)[O-])C(=O)Nc2ccccc21. The third-order valence-corrected chi connectivity index (χ3v) is 2.65. The summed E-state index contributed by atoms with van der Waals surface area (Å²) in [6.07, 6.45) is 0. The molecule has 1 atom stereocenters. The second kappa shape index (κ2) is 4.10. The molecule has 94 valence electrons. The molecular formula is C11H10N2O5. The Kier molecular flexibility index (Phi) is 2.74. The summed E-state index contributed by atoms with van der Waals surface area (Å²) in [5, 5.41) is 13.2. The van der Waals surface area contributed by atoms with Crippen molar-refractivity contribution in [3.05, 3.63) is 39.9 Å². The molecule has 0 bridgehead atoms. The van der Waals surface area contributed by atoms with Crippen LogP contribution in [-0.4, -0.2) is 23.3 Å². The van der Waals surface area contributed by atoms with Gasteiger partial charge in [-0.05, 0) is 6.07 Å². The van der Waals surface area contributed by atoms with E-state index in [-0.39, 0.29) is 0 Å². The smallest absolute Gasteiger partial charge is 0.304 e. The highest BCUT2D eigenvalue weighted by molar-refractivity contribution is 6.06. The van der Waals surface area contributed by atoms with Gasteiger partial charge in [-0.1, -0.05) is 18.2 Å². The van der Waals surface area contributed by atoms with Crippen LogP contribution in [0.25, 0.3) is 0 Å². The molecule has 1 unspecified atom stereocenters. The van der Waals surface area contributed by atoms with E-state index < -0.39 is 28.9 Å². The fraction of sp³-hybridized carbons (Fsp3) is 0.273. The van der Waals surface area contributed by atoms with Crippen molar-refractivity contribution in [1.29, 1.82) is 0 Å². The van der Waals surface area contributed by atoms with Crippen LogP contribution in [0.5, 0.6) is 0 Å². The number of nitrogens with one attached hydrogen (secondary N) is 1. The molecule has 1 aliphatic rings. The number of carbonyl (C=O) groups is 2. The van der Waals surface area contributed by atoms with Crippen molar-refractivity contribution < 1.29 is 19.2 Å². The van der Waals surface area contributed by atoms with Crippen LogP contribution in [0.3, 0.4) is 0 Å². The molecule has 1 N–H and O–H groups in total. The summed E-state index contributed by atoms with van der Waals surface area (Å²) in [4.78, 5) is 33.1. The van der Waals surface area contributed by atoms with Crippen LogP contribution in [0, 0.1) is 10.1 Å². The molecule has 0 spiro atoms. The van der Waals surface area contributed by atoms with Gasteiger partial charge in [0.1, 0.15) is 0 Å². The van der Waals surface area contributed by atoms with Gasteiger partial charge >= 0.3 is 5.97 Å². The minimum atomic E-state index is -1.87. The summed E-state index contributed by atoms with van der Waals surface area (Å²) < 4.78 is 4.96. The molecule has 1 amide bonds. The molecule has 0 fully saturated rings. The number of nitrogens with zero attached hydrogens (tertiary/aromatic N) is 1. The Bertz CT molecular complexity index is 524. The van der Waals surface area contributed by atoms with Gasteiger partial charge in [0.05, 0.1) is 0 Å². The fourth-order valence-electron chi connectivity index (χ4n) is 2.01. The molecule has 1 aromatic rings. The van der Waals surface area contributed by atoms with E-state index in [0.29, 0.717) is 11.3 Å². The zero-order valence-electron chi connectivity index (χ0n) is 9.50. The van der Waals surface area contributed by atoms with Crippen molar-refractivity contribution in [3.63, 3.8) is 0 Å². The molecule has 7 heteroatoms. The number of carbonyl (C=O) groups excluding carboxylic acids is 2. The van der Waals surface area contributed by atoms with Crippen LogP contribution >= 0.6 is 0 Å². The maximum Gasteiger partial charge on any atom is 0.304 e. The first-order chi connectivity index (χ1) is 8.45. The van der Waals surface area contributed by atoms with E-state index in [1.165, 1.54) is 6.07 Å². The Morgan fingerprint density at radius 3 is 2.78 bits per heavy atom. The summed E-state index contributed by atoms with van der Waals surface area (Å²) in [5.41, 5.74) is -1.14. The first-order valence-corrected chi connectivity index (χ1v) is 5.18. The minimum Gasteiger partial charge on any atom is -0.437 e. The number of nitro groups is 1. The standard InChI is InChI=1S/C11H10N2O5/c1-7(14)18-11(6-13(16)17)8-4-2-3-5-9(8)12-10(11)15/h2-5H,6H2,1H3,(H,12,15). The van der Waals surface area contributed by atoms with Crippen molar-refractivity contribution in [2.75, 3.05) is 11.9 Å². The number of hydrogen-bond acceptors (Lipinski definition) is 5. The van der Waals surface area contributed by atoms with Gasteiger partial charge in [0.2, 0.25) is 0 Å². The quantitative estimate of drug-likeness (QED) is 0.483. The lowest BCUT2D eigenvalue weighted by Crippen LogP contribution is -2.44. The summed E-state index contributed by atoms with van der Waals surface area (Å²) >= 11 is 0. The topological polar surface area (TPSA) is 98.5 Å². The predicted molar refractivity (Wildman–Crippen MR) is 60.4 cm³/mol. The monoisotopic (exact) mass is 250 g/mol.